The first-order chi connectivity index (χ1) is 13.6. The van der Waals surface area contributed by atoms with Gasteiger partial charge in [0.2, 0.25) is 0 Å². The summed E-state index contributed by atoms with van der Waals surface area (Å²) in [6, 6.07) is 8.81. The lowest BCUT2D eigenvalue weighted by Crippen LogP contribution is -2.47. The molecule has 0 amide bonds. The molecule has 0 N–H and O–H groups in total. The Morgan fingerprint density at radius 1 is 0.900 bits per heavy atom. The normalized spacial score (nSPS) is 23.9. The van der Waals surface area contributed by atoms with Crippen molar-refractivity contribution < 1.29 is 13.2 Å². The molecule has 2 fully saturated rings. The van der Waals surface area contributed by atoms with E-state index in [9.17, 15) is 13.2 Å². The largest absolute Gasteiger partial charge is 0.389 e. The molecule has 0 bridgehead atoms. The molecule has 30 heavy (non-hydrogen) atoms. The van der Waals surface area contributed by atoms with Crippen molar-refractivity contribution in [2.24, 2.45) is 11.3 Å². The molecule has 1 heterocycles. The third-order valence-corrected chi connectivity index (χ3v) is 6.98. The number of halogens is 4. The second kappa shape index (κ2) is 10.6. The quantitative estimate of drug-likeness (QED) is 0.485. The molecule has 2 aliphatic rings. The average molecular weight is 447 g/mol. The summed E-state index contributed by atoms with van der Waals surface area (Å²) in [5, 5.41) is 0. The number of hydrogen-bond acceptors (Lipinski definition) is 2. The first kappa shape index (κ1) is 25.3. The van der Waals surface area contributed by atoms with Crippen molar-refractivity contribution >= 4 is 18.1 Å². The summed E-state index contributed by atoms with van der Waals surface area (Å²) in [7, 11) is 0. The first-order valence-electron chi connectivity index (χ1n) is 11.3. The minimum Gasteiger partial charge on any atom is -0.369 e. The van der Waals surface area contributed by atoms with Crippen molar-refractivity contribution in [1.29, 1.82) is 0 Å². The summed E-state index contributed by atoms with van der Waals surface area (Å²) >= 11 is 0. The maximum Gasteiger partial charge on any atom is 0.389 e. The lowest BCUT2D eigenvalue weighted by molar-refractivity contribution is -0.136. The molecular weight excluding hydrogens is 409 g/mol. The van der Waals surface area contributed by atoms with Gasteiger partial charge in [-0.2, -0.15) is 13.2 Å². The van der Waals surface area contributed by atoms with Crippen LogP contribution in [-0.4, -0.2) is 43.8 Å². The van der Waals surface area contributed by atoms with Gasteiger partial charge in [0.15, 0.2) is 0 Å². The molecule has 1 aromatic carbocycles. The van der Waals surface area contributed by atoms with E-state index >= 15 is 0 Å². The van der Waals surface area contributed by atoms with Crippen LogP contribution in [0.25, 0.3) is 0 Å². The van der Waals surface area contributed by atoms with Gasteiger partial charge in [0.05, 0.1) is 0 Å². The monoisotopic (exact) mass is 446 g/mol. The highest BCUT2D eigenvalue weighted by Crippen LogP contribution is 2.45. The van der Waals surface area contributed by atoms with Gasteiger partial charge in [-0.15, -0.1) is 12.4 Å². The molecule has 1 saturated heterocycles. The molecule has 0 aromatic heterocycles. The molecule has 1 aliphatic carbocycles. The highest BCUT2D eigenvalue weighted by atomic mass is 35.5. The van der Waals surface area contributed by atoms with Crippen molar-refractivity contribution in [3.8, 4) is 0 Å². The highest BCUT2D eigenvalue weighted by molar-refractivity contribution is 5.85. The lowest BCUT2D eigenvalue weighted by Gasteiger charge is -2.40. The first-order valence-corrected chi connectivity index (χ1v) is 11.3. The standard InChI is InChI=1S/C24H37F3N2.ClH/c1-23(2,3)20-11-9-19(10-12-20)21-7-4-5-8-22(21)29-17-15-28(16-18-29)14-6-13-24(25,26)27;/h4-5,7-8,19-20H,6,9-18H2,1-3H3;1H. The Balaban J connectivity index is 0.00000320. The molecule has 172 valence electrons. The van der Waals surface area contributed by atoms with Crippen LogP contribution in [-0.2, 0) is 0 Å². The Kier molecular flexibility index (Phi) is 8.93. The van der Waals surface area contributed by atoms with Crippen LogP contribution in [0.2, 0.25) is 0 Å². The number of rotatable bonds is 5. The Morgan fingerprint density at radius 3 is 2.07 bits per heavy atom. The fourth-order valence-electron chi connectivity index (χ4n) is 5.11. The van der Waals surface area contributed by atoms with E-state index in [1.54, 1.807) is 0 Å². The SMILES string of the molecule is CC(C)(C)C1CCC(c2ccccc2N2CCN(CCCC(F)(F)F)CC2)CC1.Cl. The van der Waals surface area contributed by atoms with Crippen LogP contribution < -0.4 is 4.90 Å². The van der Waals surface area contributed by atoms with Crippen LogP contribution in [0.15, 0.2) is 24.3 Å². The fourth-order valence-corrected chi connectivity index (χ4v) is 5.11. The summed E-state index contributed by atoms with van der Waals surface area (Å²) in [6.07, 6.45) is 0.620. The van der Waals surface area contributed by atoms with Gasteiger partial charge in [-0.05, 0) is 67.5 Å². The summed E-state index contributed by atoms with van der Waals surface area (Å²) in [5.74, 6) is 1.45. The van der Waals surface area contributed by atoms with Crippen LogP contribution in [0.4, 0.5) is 18.9 Å². The predicted molar refractivity (Wildman–Crippen MR) is 122 cm³/mol. The molecule has 0 radical (unpaired) electrons. The van der Waals surface area contributed by atoms with Crippen molar-refractivity contribution in [3.05, 3.63) is 29.8 Å². The lowest BCUT2D eigenvalue weighted by atomic mass is 9.68. The maximum absolute atomic E-state index is 12.4. The van der Waals surface area contributed by atoms with E-state index in [4.69, 9.17) is 0 Å². The number of piperazine rings is 1. The number of nitrogens with zero attached hydrogens (tertiary/aromatic N) is 2. The fraction of sp³-hybridized carbons (Fsp3) is 0.750. The molecular formula is C24H38ClF3N2. The van der Waals surface area contributed by atoms with E-state index in [1.807, 2.05) is 0 Å². The van der Waals surface area contributed by atoms with E-state index in [1.165, 1.54) is 36.9 Å². The zero-order chi connectivity index (χ0) is 21.1. The van der Waals surface area contributed by atoms with Crippen LogP contribution in [0.3, 0.4) is 0 Å². The van der Waals surface area contributed by atoms with Crippen LogP contribution in [0.1, 0.15) is 70.8 Å². The molecule has 2 nitrogen and oxygen atoms in total. The van der Waals surface area contributed by atoms with Gasteiger partial charge in [0.1, 0.15) is 0 Å². The topological polar surface area (TPSA) is 6.48 Å². The molecule has 6 heteroatoms. The minimum absolute atomic E-state index is 0. The second-order valence-corrected chi connectivity index (χ2v) is 10.0. The molecule has 0 unspecified atom stereocenters. The van der Waals surface area contributed by atoms with Gasteiger partial charge in [0, 0.05) is 38.3 Å². The van der Waals surface area contributed by atoms with Gasteiger partial charge in [-0.1, -0.05) is 39.0 Å². The summed E-state index contributed by atoms with van der Waals surface area (Å²) in [5.41, 5.74) is 3.22. The smallest absolute Gasteiger partial charge is 0.369 e. The van der Waals surface area contributed by atoms with Crippen molar-refractivity contribution in [1.82, 2.24) is 4.90 Å². The molecule has 1 aliphatic heterocycles. The third kappa shape index (κ3) is 7.05. The van der Waals surface area contributed by atoms with E-state index < -0.39 is 12.6 Å². The van der Waals surface area contributed by atoms with Crippen molar-refractivity contribution in [2.75, 3.05) is 37.6 Å². The minimum atomic E-state index is -4.03. The molecule has 3 rings (SSSR count). The third-order valence-electron chi connectivity index (χ3n) is 6.98. The molecule has 0 spiro atoms. The van der Waals surface area contributed by atoms with Crippen LogP contribution in [0, 0.1) is 11.3 Å². The summed E-state index contributed by atoms with van der Waals surface area (Å²) < 4.78 is 37.1. The van der Waals surface area contributed by atoms with E-state index in [0.29, 0.717) is 17.9 Å². The number of benzene rings is 1. The van der Waals surface area contributed by atoms with Gasteiger partial charge in [-0.25, -0.2) is 0 Å². The zero-order valence-electron chi connectivity index (χ0n) is 18.7. The Morgan fingerprint density at radius 2 is 1.50 bits per heavy atom. The highest BCUT2D eigenvalue weighted by Gasteiger charge is 2.32. The molecule has 0 atom stereocenters. The predicted octanol–water partition coefficient (Wildman–Crippen LogP) is 6.89. The maximum atomic E-state index is 12.4. The number of hydrogen-bond donors (Lipinski definition) is 0. The van der Waals surface area contributed by atoms with E-state index in [2.05, 4.69) is 54.8 Å². The van der Waals surface area contributed by atoms with Crippen LogP contribution >= 0.6 is 12.4 Å². The van der Waals surface area contributed by atoms with E-state index in [-0.39, 0.29) is 18.8 Å². The van der Waals surface area contributed by atoms with Gasteiger partial charge >= 0.3 is 6.18 Å². The molecule has 1 saturated carbocycles. The average Bonchev–Trinajstić information content (AvgIpc) is 2.67. The van der Waals surface area contributed by atoms with Gasteiger partial charge in [-0.3, -0.25) is 4.90 Å². The number of alkyl halides is 3. The van der Waals surface area contributed by atoms with Crippen molar-refractivity contribution in [3.63, 3.8) is 0 Å². The van der Waals surface area contributed by atoms with E-state index in [0.717, 1.165) is 32.1 Å². The number of anilines is 1. The Labute approximate surface area is 186 Å². The van der Waals surface area contributed by atoms with Crippen LogP contribution in [0.5, 0.6) is 0 Å². The Bertz CT molecular complexity index is 641. The summed E-state index contributed by atoms with van der Waals surface area (Å²) in [4.78, 5) is 4.63. The number of para-hydroxylation sites is 1. The van der Waals surface area contributed by atoms with Gasteiger partial charge < -0.3 is 4.90 Å². The summed E-state index contributed by atoms with van der Waals surface area (Å²) in [6.45, 7) is 11.1. The molecule has 1 aromatic rings. The van der Waals surface area contributed by atoms with Gasteiger partial charge in [0.25, 0.3) is 0 Å². The van der Waals surface area contributed by atoms with Crippen molar-refractivity contribution in [2.45, 2.75) is 71.4 Å². The Hall–Kier alpha value is -0.940. The zero-order valence-corrected chi connectivity index (χ0v) is 19.5. The second-order valence-electron chi connectivity index (χ2n) is 10.0.